The summed E-state index contributed by atoms with van der Waals surface area (Å²) < 4.78 is 0. The molecule has 5 heteroatoms. The summed E-state index contributed by atoms with van der Waals surface area (Å²) in [4.78, 5) is 27.9. The number of hydrogen-bond acceptors (Lipinski definition) is 3. The van der Waals surface area contributed by atoms with Crippen molar-refractivity contribution in [1.82, 2.24) is 9.80 Å². The van der Waals surface area contributed by atoms with Gasteiger partial charge in [-0.2, -0.15) is 5.26 Å². The third-order valence-electron chi connectivity index (χ3n) is 4.93. The monoisotopic (exact) mass is 321 g/mol. The van der Waals surface area contributed by atoms with Gasteiger partial charge in [0.25, 0.3) is 0 Å². The van der Waals surface area contributed by atoms with E-state index in [2.05, 4.69) is 13.8 Å². The minimum absolute atomic E-state index is 0.0396. The van der Waals surface area contributed by atoms with E-state index in [9.17, 15) is 9.59 Å². The lowest BCUT2D eigenvalue weighted by Crippen LogP contribution is -2.45. The number of nitrogens with zero attached hydrogens (tertiary/aromatic N) is 3. The first-order valence-electron chi connectivity index (χ1n) is 8.92. The van der Waals surface area contributed by atoms with Crippen molar-refractivity contribution in [3.8, 4) is 6.07 Å². The predicted molar refractivity (Wildman–Crippen MR) is 90.5 cm³/mol. The van der Waals surface area contributed by atoms with Gasteiger partial charge in [0.05, 0.1) is 6.07 Å². The molecule has 1 saturated heterocycles. The Bertz CT molecular complexity index is 430. The lowest BCUT2D eigenvalue weighted by molar-refractivity contribution is -0.135. The van der Waals surface area contributed by atoms with E-state index in [1.54, 1.807) is 7.05 Å². The van der Waals surface area contributed by atoms with Crippen LogP contribution in [0, 0.1) is 23.2 Å². The van der Waals surface area contributed by atoms with Crippen LogP contribution in [0.3, 0.4) is 0 Å². The molecule has 0 aliphatic carbocycles. The number of carbonyl (C=O) groups is 2. The van der Waals surface area contributed by atoms with Crippen molar-refractivity contribution in [3.05, 3.63) is 0 Å². The Kier molecular flexibility index (Phi) is 8.68. The van der Waals surface area contributed by atoms with Gasteiger partial charge in [-0.25, -0.2) is 0 Å². The average molecular weight is 321 g/mol. The maximum Gasteiger partial charge on any atom is 0.223 e. The van der Waals surface area contributed by atoms with Gasteiger partial charge < -0.3 is 9.80 Å². The highest BCUT2D eigenvalue weighted by Gasteiger charge is 2.31. The fourth-order valence-corrected chi connectivity index (χ4v) is 3.30. The largest absolute Gasteiger partial charge is 0.342 e. The zero-order valence-corrected chi connectivity index (χ0v) is 14.9. The van der Waals surface area contributed by atoms with Crippen LogP contribution in [0.4, 0.5) is 0 Å². The summed E-state index contributed by atoms with van der Waals surface area (Å²) in [7, 11) is 1.68. The Balaban J connectivity index is 2.50. The summed E-state index contributed by atoms with van der Waals surface area (Å²) in [5, 5.41) is 8.69. The number of amides is 2. The van der Waals surface area contributed by atoms with Crippen molar-refractivity contribution in [2.75, 3.05) is 26.7 Å². The number of likely N-dealkylation sites (tertiary alicyclic amines) is 1. The third kappa shape index (κ3) is 6.21. The molecule has 0 unspecified atom stereocenters. The van der Waals surface area contributed by atoms with E-state index in [0.717, 1.165) is 45.2 Å². The molecule has 1 aliphatic rings. The van der Waals surface area contributed by atoms with Gasteiger partial charge in [-0.05, 0) is 24.7 Å². The Morgan fingerprint density at radius 2 is 2.00 bits per heavy atom. The lowest BCUT2D eigenvalue weighted by Gasteiger charge is -2.38. The second-order valence-electron chi connectivity index (χ2n) is 6.63. The van der Waals surface area contributed by atoms with E-state index < -0.39 is 0 Å². The van der Waals surface area contributed by atoms with E-state index in [1.165, 1.54) is 4.90 Å². The molecular weight excluding hydrogens is 290 g/mol. The molecule has 1 fully saturated rings. The third-order valence-corrected chi connectivity index (χ3v) is 4.93. The van der Waals surface area contributed by atoms with E-state index in [4.69, 9.17) is 5.26 Å². The van der Waals surface area contributed by atoms with Crippen LogP contribution in [-0.2, 0) is 9.59 Å². The maximum atomic E-state index is 12.3. The van der Waals surface area contributed by atoms with Crippen LogP contribution < -0.4 is 0 Å². The summed E-state index contributed by atoms with van der Waals surface area (Å²) in [5.74, 6) is 1.02. The molecule has 5 nitrogen and oxygen atoms in total. The molecule has 1 aliphatic heterocycles. The molecule has 2 atom stereocenters. The molecule has 0 aromatic carbocycles. The van der Waals surface area contributed by atoms with Crippen molar-refractivity contribution in [3.63, 3.8) is 0 Å². The van der Waals surface area contributed by atoms with Crippen LogP contribution in [-0.4, -0.2) is 48.3 Å². The Morgan fingerprint density at radius 1 is 1.26 bits per heavy atom. The lowest BCUT2D eigenvalue weighted by atomic mass is 9.81. The van der Waals surface area contributed by atoms with E-state index in [0.29, 0.717) is 24.7 Å². The molecule has 130 valence electrons. The Hall–Kier alpha value is -1.57. The summed E-state index contributed by atoms with van der Waals surface area (Å²) in [6.07, 6.45) is 6.24. The molecule has 0 radical (unpaired) electrons. The van der Waals surface area contributed by atoms with E-state index >= 15 is 0 Å². The summed E-state index contributed by atoms with van der Waals surface area (Å²) in [6.45, 7) is 5.96. The van der Waals surface area contributed by atoms with Crippen molar-refractivity contribution in [2.45, 2.75) is 58.8 Å². The van der Waals surface area contributed by atoms with Crippen molar-refractivity contribution >= 4 is 11.8 Å². The first-order chi connectivity index (χ1) is 11.0. The number of piperidine rings is 1. The summed E-state index contributed by atoms with van der Waals surface area (Å²) in [5.41, 5.74) is 0. The number of hydrogen-bond donors (Lipinski definition) is 0. The number of unbranched alkanes of at least 4 members (excludes halogenated alkanes) is 2. The topological polar surface area (TPSA) is 64.4 Å². The highest BCUT2D eigenvalue weighted by Crippen LogP contribution is 2.30. The van der Waals surface area contributed by atoms with Crippen LogP contribution in [0.25, 0.3) is 0 Å². The highest BCUT2D eigenvalue weighted by atomic mass is 16.2. The molecule has 2 amide bonds. The molecule has 0 N–H and O–H groups in total. The number of rotatable bonds is 8. The molecule has 0 bridgehead atoms. The van der Waals surface area contributed by atoms with Gasteiger partial charge in [-0.15, -0.1) is 0 Å². The molecule has 0 aromatic rings. The number of nitriles is 1. The number of carbonyl (C=O) groups excluding carboxylic acids is 2. The second-order valence-corrected chi connectivity index (χ2v) is 6.63. The first-order valence-corrected chi connectivity index (χ1v) is 8.92. The summed E-state index contributed by atoms with van der Waals surface area (Å²) in [6, 6.07) is 2.01. The predicted octanol–water partition coefficient (Wildman–Crippen LogP) is 2.81. The molecule has 1 rings (SSSR count). The second kappa shape index (κ2) is 10.3. The van der Waals surface area contributed by atoms with Gasteiger partial charge in [-0.3, -0.25) is 9.59 Å². The maximum absolute atomic E-state index is 12.3. The normalized spacial score (nSPS) is 20.9. The standard InChI is InChI=1S/C18H31N3O2/c1-4-6-7-8-17(22)21-11-9-16(15(5-2)14-21)13-18(23)20(3)12-10-19/h15-16H,4-9,11-14H2,1-3H3/t15-,16-/m0/s1. The van der Waals surface area contributed by atoms with Crippen LogP contribution in [0.15, 0.2) is 0 Å². The van der Waals surface area contributed by atoms with Crippen LogP contribution >= 0.6 is 0 Å². The van der Waals surface area contributed by atoms with E-state index in [-0.39, 0.29) is 18.4 Å². The van der Waals surface area contributed by atoms with Crippen molar-refractivity contribution in [1.29, 1.82) is 5.26 Å². The average Bonchev–Trinajstić information content (AvgIpc) is 2.55. The highest BCUT2D eigenvalue weighted by molar-refractivity contribution is 5.77. The van der Waals surface area contributed by atoms with Crippen LogP contribution in [0.1, 0.15) is 58.8 Å². The zero-order chi connectivity index (χ0) is 17.2. The summed E-state index contributed by atoms with van der Waals surface area (Å²) >= 11 is 0. The van der Waals surface area contributed by atoms with Crippen molar-refractivity contribution < 1.29 is 9.59 Å². The molecular formula is C18H31N3O2. The van der Waals surface area contributed by atoms with Gasteiger partial charge in [0, 0.05) is 33.0 Å². The van der Waals surface area contributed by atoms with Gasteiger partial charge in [-0.1, -0.05) is 33.1 Å². The molecule has 0 saturated carbocycles. The Morgan fingerprint density at radius 3 is 2.61 bits per heavy atom. The smallest absolute Gasteiger partial charge is 0.223 e. The fraction of sp³-hybridized carbons (Fsp3) is 0.833. The minimum atomic E-state index is 0.0396. The van der Waals surface area contributed by atoms with Gasteiger partial charge in [0.15, 0.2) is 0 Å². The zero-order valence-electron chi connectivity index (χ0n) is 14.9. The molecule has 0 aromatic heterocycles. The van der Waals surface area contributed by atoms with Crippen molar-refractivity contribution in [2.24, 2.45) is 11.8 Å². The molecule has 23 heavy (non-hydrogen) atoms. The van der Waals surface area contributed by atoms with Gasteiger partial charge >= 0.3 is 0 Å². The Labute approximate surface area is 140 Å². The quantitative estimate of drug-likeness (QED) is 0.510. The fourth-order valence-electron chi connectivity index (χ4n) is 3.30. The molecule has 1 heterocycles. The molecule has 0 spiro atoms. The van der Waals surface area contributed by atoms with Crippen LogP contribution in [0.5, 0.6) is 0 Å². The van der Waals surface area contributed by atoms with Gasteiger partial charge in [0.1, 0.15) is 6.54 Å². The minimum Gasteiger partial charge on any atom is -0.342 e. The van der Waals surface area contributed by atoms with Gasteiger partial charge in [0.2, 0.25) is 11.8 Å². The first kappa shape index (κ1) is 19.5. The van der Waals surface area contributed by atoms with Crippen LogP contribution in [0.2, 0.25) is 0 Å². The van der Waals surface area contributed by atoms with E-state index in [1.807, 2.05) is 11.0 Å². The SMILES string of the molecule is CCCCCC(=O)N1CC[C@@H](CC(=O)N(C)CC#N)[C@@H](CC)C1.